The lowest BCUT2D eigenvalue weighted by atomic mass is 10.1. The van der Waals surface area contributed by atoms with Gasteiger partial charge < -0.3 is 4.74 Å². The number of amides is 1. The molecule has 0 N–H and O–H groups in total. The SMILES string of the molecule is N#CCn1c(N2CCOC2=O)c(-c2ccc(F)c(Cl)c2)c(=O)n(-c2cncc(Cl)c2)c1=O. The Morgan fingerprint density at radius 2 is 1.97 bits per heavy atom. The standard InChI is InChI=1S/C20H12Cl2FN5O4/c21-12-8-13(10-25-9-12)28-18(29)16(11-1-2-15(23)14(22)7-11)17(26(4-3-24)19(28)30)27-5-6-32-20(27)31/h1-2,7-10H,4-6H2. The number of hydrogen-bond acceptors (Lipinski definition) is 6. The highest BCUT2D eigenvalue weighted by Gasteiger charge is 2.33. The van der Waals surface area contributed by atoms with Crippen molar-refractivity contribution >= 4 is 35.1 Å². The molecule has 0 spiro atoms. The predicted octanol–water partition coefficient (Wildman–Crippen LogP) is 2.99. The molecule has 2 aromatic heterocycles. The van der Waals surface area contributed by atoms with E-state index in [1.807, 2.05) is 6.07 Å². The summed E-state index contributed by atoms with van der Waals surface area (Å²) in [6.07, 6.45) is 1.77. The average Bonchev–Trinajstić information content (AvgIpc) is 3.17. The highest BCUT2D eigenvalue weighted by molar-refractivity contribution is 6.31. The minimum Gasteiger partial charge on any atom is -0.447 e. The Hall–Kier alpha value is -3.68. The van der Waals surface area contributed by atoms with Crippen molar-refractivity contribution in [3.8, 4) is 22.9 Å². The van der Waals surface area contributed by atoms with E-state index in [9.17, 15) is 24.0 Å². The molecule has 1 saturated heterocycles. The molecule has 1 aliphatic rings. The number of nitrogens with zero attached hydrogens (tertiary/aromatic N) is 5. The number of hydrogen-bond donors (Lipinski definition) is 0. The molecule has 0 aliphatic carbocycles. The lowest BCUT2D eigenvalue weighted by Crippen LogP contribution is -2.43. The molecule has 1 amide bonds. The van der Waals surface area contributed by atoms with Crippen LogP contribution in [0.3, 0.4) is 0 Å². The fourth-order valence-electron chi connectivity index (χ4n) is 3.38. The normalized spacial score (nSPS) is 13.2. The Kier molecular flexibility index (Phi) is 5.69. The third-order valence-electron chi connectivity index (χ3n) is 4.72. The van der Waals surface area contributed by atoms with Crippen LogP contribution in [-0.2, 0) is 11.3 Å². The summed E-state index contributed by atoms with van der Waals surface area (Å²) in [6, 6.07) is 6.73. The minimum absolute atomic E-state index is 0.0183. The largest absolute Gasteiger partial charge is 0.447 e. The Morgan fingerprint density at radius 1 is 1.19 bits per heavy atom. The van der Waals surface area contributed by atoms with Crippen LogP contribution in [0.25, 0.3) is 16.8 Å². The third kappa shape index (κ3) is 3.62. The molecular formula is C20H12Cl2FN5O4. The number of pyridine rings is 1. The van der Waals surface area contributed by atoms with Crippen LogP contribution in [0.5, 0.6) is 0 Å². The Bertz CT molecular complexity index is 1410. The van der Waals surface area contributed by atoms with Crippen LogP contribution < -0.4 is 16.1 Å². The summed E-state index contributed by atoms with van der Waals surface area (Å²) < 4.78 is 20.5. The molecule has 32 heavy (non-hydrogen) atoms. The van der Waals surface area contributed by atoms with E-state index in [-0.39, 0.29) is 45.8 Å². The van der Waals surface area contributed by atoms with Crippen molar-refractivity contribution in [1.82, 2.24) is 14.1 Å². The molecule has 9 nitrogen and oxygen atoms in total. The monoisotopic (exact) mass is 475 g/mol. The first kappa shape index (κ1) is 21.5. The molecule has 0 bridgehead atoms. The molecule has 1 aromatic carbocycles. The topological polar surface area (TPSA) is 110 Å². The van der Waals surface area contributed by atoms with Crippen molar-refractivity contribution in [1.29, 1.82) is 5.26 Å². The van der Waals surface area contributed by atoms with Crippen molar-refractivity contribution in [3.63, 3.8) is 0 Å². The number of cyclic esters (lactones) is 1. The Morgan fingerprint density at radius 3 is 2.59 bits per heavy atom. The van der Waals surface area contributed by atoms with Gasteiger partial charge in [-0.1, -0.05) is 29.3 Å². The van der Waals surface area contributed by atoms with Crippen LogP contribution in [0.2, 0.25) is 10.0 Å². The molecule has 0 unspecified atom stereocenters. The van der Waals surface area contributed by atoms with Crippen LogP contribution in [-0.4, -0.2) is 33.4 Å². The van der Waals surface area contributed by atoms with Gasteiger partial charge in [-0.05, 0) is 23.8 Å². The zero-order valence-corrected chi connectivity index (χ0v) is 17.6. The van der Waals surface area contributed by atoms with Gasteiger partial charge in [-0.2, -0.15) is 5.26 Å². The van der Waals surface area contributed by atoms with Gasteiger partial charge in [0.2, 0.25) is 0 Å². The van der Waals surface area contributed by atoms with Gasteiger partial charge in [0.15, 0.2) is 0 Å². The average molecular weight is 476 g/mol. The van der Waals surface area contributed by atoms with Gasteiger partial charge in [-0.3, -0.25) is 19.2 Å². The van der Waals surface area contributed by atoms with Crippen molar-refractivity contribution < 1.29 is 13.9 Å². The van der Waals surface area contributed by atoms with Gasteiger partial charge in [0.05, 0.1) is 40.1 Å². The van der Waals surface area contributed by atoms with E-state index >= 15 is 0 Å². The van der Waals surface area contributed by atoms with E-state index < -0.39 is 29.7 Å². The van der Waals surface area contributed by atoms with Crippen molar-refractivity contribution in [2.24, 2.45) is 0 Å². The fourth-order valence-corrected chi connectivity index (χ4v) is 3.72. The molecule has 3 aromatic rings. The second-order valence-electron chi connectivity index (χ2n) is 6.62. The second kappa shape index (κ2) is 8.45. The summed E-state index contributed by atoms with van der Waals surface area (Å²) in [5.74, 6) is -0.875. The molecule has 1 fully saturated rings. The van der Waals surface area contributed by atoms with Gasteiger partial charge in [0.1, 0.15) is 24.8 Å². The highest BCUT2D eigenvalue weighted by atomic mass is 35.5. The van der Waals surface area contributed by atoms with E-state index in [4.69, 9.17) is 27.9 Å². The molecule has 3 heterocycles. The summed E-state index contributed by atoms with van der Waals surface area (Å²) in [6.45, 7) is -0.438. The number of halogens is 3. The summed E-state index contributed by atoms with van der Waals surface area (Å²) in [5.41, 5.74) is -1.71. The van der Waals surface area contributed by atoms with E-state index in [2.05, 4.69) is 4.98 Å². The molecule has 0 saturated carbocycles. The highest BCUT2D eigenvalue weighted by Crippen LogP contribution is 2.31. The van der Waals surface area contributed by atoms with Gasteiger partial charge in [-0.15, -0.1) is 0 Å². The van der Waals surface area contributed by atoms with Crippen molar-refractivity contribution in [3.05, 3.63) is 73.4 Å². The number of rotatable bonds is 4. The van der Waals surface area contributed by atoms with E-state index in [0.717, 1.165) is 20.1 Å². The van der Waals surface area contributed by atoms with E-state index in [0.29, 0.717) is 0 Å². The van der Waals surface area contributed by atoms with Crippen LogP contribution in [0.15, 0.2) is 46.2 Å². The lowest BCUT2D eigenvalue weighted by molar-refractivity contribution is 0.181. The Labute approximate surface area is 189 Å². The second-order valence-corrected chi connectivity index (χ2v) is 7.47. The first-order chi connectivity index (χ1) is 15.3. The Balaban J connectivity index is 2.17. The molecular weight excluding hydrogens is 464 g/mol. The number of ether oxygens (including phenoxy) is 1. The van der Waals surface area contributed by atoms with Gasteiger partial charge in [0.25, 0.3) is 5.56 Å². The predicted molar refractivity (Wildman–Crippen MR) is 114 cm³/mol. The number of carbonyl (C=O) groups excluding carboxylic acids is 1. The zero-order chi connectivity index (χ0) is 23.0. The maximum Gasteiger partial charge on any atom is 0.415 e. The molecule has 1 aliphatic heterocycles. The first-order valence-electron chi connectivity index (χ1n) is 9.11. The smallest absolute Gasteiger partial charge is 0.415 e. The summed E-state index contributed by atoms with van der Waals surface area (Å²) in [7, 11) is 0. The molecule has 0 atom stereocenters. The van der Waals surface area contributed by atoms with Crippen molar-refractivity contribution in [2.75, 3.05) is 18.1 Å². The molecule has 0 radical (unpaired) electrons. The van der Waals surface area contributed by atoms with Gasteiger partial charge >= 0.3 is 11.8 Å². The number of aromatic nitrogens is 3. The van der Waals surface area contributed by atoms with Crippen LogP contribution in [0.1, 0.15) is 0 Å². The van der Waals surface area contributed by atoms with E-state index in [1.165, 1.54) is 30.6 Å². The number of benzene rings is 1. The fraction of sp³-hybridized carbons (Fsp3) is 0.150. The summed E-state index contributed by atoms with van der Waals surface area (Å²) >= 11 is 11.9. The maximum atomic E-state index is 13.8. The van der Waals surface area contributed by atoms with Gasteiger partial charge in [0, 0.05) is 6.20 Å². The van der Waals surface area contributed by atoms with Crippen molar-refractivity contribution in [2.45, 2.75) is 6.54 Å². The summed E-state index contributed by atoms with van der Waals surface area (Å²) in [5, 5.41) is 9.25. The zero-order valence-electron chi connectivity index (χ0n) is 16.1. The molecule has 4 rings (SSSR count). The number of carbonyl (C=O) groups is 1. The maximum absolute atomic E-state index is 13.8. The quantitative estimate of drug-likeness (QED) is 0.573. The van der Waals surface area contributed by atoms with Crippen LogP contribution in [0, 0.1) is 17.1 Å². The van der Waals surface area contributed by atoms with Crippen LogP contribution in [0.4, 0.5) is 15.0 Å². The lowest BCUT2D eigenvalue weighted by Gasteiger charge is -2.23. The first-order valence-corrected chi connectivity index (χ1v) is 9.86. The van der Waals surface area contributed by atoms with Gasteiger partial charge in [-0.25, -0.2) is 18.5 Å². The van der Waals surface area contributed by atoms with E-state index in [1.54, 1.807) is 0 Å². The number of anilines is 1. The van der Waals surface area contributed by atoms with Crippen LogP contribution >= 0.6 is 23.2 Å². The molecule has 162 valence electrons. The molecule has 12 heteroatoms. The minimum atomic E-state index is -0.896. The summed E-state index contributed by atoms with van der Waals surface area (Å²) in [4.78, 5) is 44.3. The number of nitriles is 1. The third-order valence-corrected chi connectivity index (χ3v) is 5.22.